The molecule has 10 nitrogen and oxygen atoms in total. The van der Waals surface area contributed by atoms with Crippen molar-refractivity contribution in [2.75, 3.05) is 33.0 Å². The highest BCUT2D eigenvalue weighted by atomic mass is 16.5. The second kappa shape index (κ2) is 7.72. The summed E-state index contributed by atoms with van der Waals surface area (Å²) in [6, 6.07) is 5.44. The number of benzene rings is 1. The summed E-state index contributed by atoms with van der Waals surface area (Å²) in [6.07, 6.45) is 0. The van der Waals surface area contributed by atoms with Gasteiger partial charge < -0.3 is 26.2 Å². The van der Waals surface area contributed by atoms with Crippen LogP contribution in [0.2, 0.25) is 0 Å². The number of carbonyl (C=O) groups excluding carboxylic acids is 1. The standard InChI is InChI=1S/C22H27N7O3/c1-11-6-7-15(30)13(3)17(11)28-18-14(16(19(28)23)20(24)31)10-12(2)29-21(18)25-22(26-29)32-9-8-27(4)5/h6-7,10,30H,8-9,23H2,1-5H3,(H2,24,31). The summed E-state index contributed by atoms with van der Waals surface area (Å²) < 4.78 is 9.11. The molecule has 0 aliphatic heterocycles. The van der Waals surface area contributed by atoms with Gasteiger partial charge in [-0.05, 0) is 52.6 Å². The number of nitrogens with zero attached hydrogens (tertiary/aromatic N) is 5. The molecule has 0 aliphatic carbocycles. The Morgan fingerprint density at radius 3 is 2.62 bits per heavy atom. The lowest BCUT2D eigenvalue weighted by Gasteiger charge is -2.16. The Balaban J connectivity index is 2.08. The Bertz CT molecular complexity index is 1370. The average molecular weight is 438 g/mol. The van der Waals surface area contributed by atoms with Crippen molar-refractivity contribution in [1.82, 2.24) is 24.1 Å². The van der Waals surface area contributed by atoms with E-state index in [0.29, 0.717) is 41.0 Å². The molecule has 168 valence electrons. The lowest BCUT2D eigenvalue weighted by atomic mass is 10.1. The summed E-state index contributed by atoms with van der Waals surface area (Å²) in [5.41, 5.74) is 16.3. The maximum atomic E-state index is 12.4. The average Bonchev–Trinajstić information content (AvgIpc) is 3.24. The van der Waals surface area contributed by atoms with Gasteiger partial charge in [0, 0.05) is 23.2 Å². The van der Waals surface area contributed by atoms with E-state index in [4.69, 9.17) is 16.2 Å². The third-order valence-electron chi connectivity index (χ3n) is 5.58. The summed E-state index contributed by atoms with van der Waals surface area (Å²) in [5.74, 6) is -0.355. The van der Waals surface area contributed by atoms with Gasteiger partial charge in [-0.2, -0.15) is 4.98 Å². The summed E-state index contributed by atoms with van der Waals surface area (Å²) >= 11 is 0. The third-order valence-corrected chi connectivity index (χ3v) is 5.58. The Labute approximate surface area is 185 Å². The highest BCUT2D eigenvalue weighted by Gasteiger charge is 2.26. The maximum Gasteiger partial charge on any atom is 0.336 e. The smallest absolute Gasteiger partial charge is 0.336 e. The first-order valence-corrected chi connectivity index (χ1v) is 10.2. The molecule has 0 unspecified atom stereocenters. The number of fused-ring (bicyclic) bond motifs is 3. The van der Waals surface area contributed by atoms with Crippen LogP contribution in [0.4, 0.5) is 5.82 Å². The monoisotopic (exact) mass is 437 g/mol. The molecule has 0 radical (unpaired) electrons. The topological polar surface area (TPSA) is 137 Å². The van der Waals surface area contributed by atoms with E-state index >= 15 is 0 Å². The summed E-state index contributed by atoms with van der Waals surface area (Å²) in [4.78, 5) is 19.0. The van der Waals surface area contributed by atoms with E-state index in [1.807, 2.05) is 32.8 Å². The lowest BCUT2D eigenvalue weighted by molar-refractivity contribution is 0.100. The minimum Gasteiger partial charge on any atom is -0.508 e. The number of anilines is 1. The van der Waals surface area contributed by atoms with E-state index in [2.05, 4.69) is 10.1 Å². The van der Waals surface area contributed by atoms with Crippen LogP contribution in [0.15, 0.2) is 18.2 Å². The van der Waals surface area contributed by atoms with Crippen molar-refractivity contribution in [3.8, 4) is 17.4 Å². The Morgan fingerprint density at radius 1 is 1.25 bits per heavy atom. The number of hydrogen-bond acceptors (Lipinski definition) is 7. The molecule has 1 amide bonds. The number of rotatable bonds is 6. The van der Waals surface area contributed by atoms with Crippen LogP contribution in [0.3, 0.4) is 0 Å². The van der Waals surface area contributed by atoms with Crippen LogP contribution in [0.25, 0.3) is 22.2 Å². The minimum atomic E-state index is -0.646. The van der Waals surface area contributed by atoms with E-state index in [0.717, 1.165) is 11.3 Å². The van der Waals surface area contributed by atoms with Crippen molar-refractivity contribution in [2.24, 2.45) is 5.73 Å². The van der Waals surface area contributed by atoms with Crippen molar-refractivity contribution in [1.29, 1.82) is 0 Å². The van der Waals surface area contributed by atoms with E-state index in [-0.39, 0.29) is 23.1 Å². The number of likely N-dealkylation sites (N-methyl/N-ethyl adjacent to an activating group) is 1. The molecule has 0 atom stereocenters. The molecule has 0 saturated heterocycles. The molecule has 3 aromatic heterocycles. The number of carbonyl (C=O) groups is 1. The molecule has 4 aromatic rings. The van der Waals surface area contributed by atoms with Crippen molar-refractivity contribution in [3.63, 3.8) is 0 Å². The van der Waals surface area contributed by atoms with Gasteiger partial charge in [-0.15, -0.1) is 5.10 Å². The van der Waals surface area contributed by atoms with Gasteiger partial charge in [-0.25, -0.2) is 4.52 Å². The Hall–Kier alpha value is -3.79. The van der Waals surface area contributed by atoms with Gasteiger partial charge in [0.15, 0.2) is 5.65 Å². The Morgan fingerprint density at radius 2 is 1.97 bits per heavy atom. The number of ether oxygens (including phenoxy) is 1. The minimum absolute atomic E-state index is 0.116. The van der Waals surface area contributed by atoms with Gasteiger partial charge in [0.25, 0.3) is 5.91 Å². The van der Waals surface area contributed by atoms with Gasteiger partial charge in [0.1, 0.15) is 23.7 Å². The molecule has 0 aliphatic rings. The summed E-state index contributed by atoms with van der Waals surface area (Å²) in [7, 11) is 3.91. The summed E-state index contributed by atoms with van der Waals surface area (Å²) in [5, 5.41) is 15.4. The maximum absolute atomic E-state index is 12.4. The van der Waals surface area contributed by atoms with E-state index in [9.17, 15) is 9.90 Å². The number of amides is 1. The highest BCUT2D eigenvalue weighted by Crippen LogP contribution is 2.38. The van der Waals surface area contributed by atoms with Crippen molar-refractivity contribution in [2.45, 2.75) is 20.8 Å². The fourth-order valence-electron chi connectivity index (χ4n) is 3.97. The van der Waals surface area contributed by atoms with Gasteiger partial charge in [0.05, 0.1) is 11.3 Å². The molecule has 4 rings (SSSR count). The van der Waals surface area contributed by atoms with Gasteiger partial charge in [-0.3, -0.25) is 9.36 Å². The zero-order valence-corrected chi connectivity index (χ0v) is 18.8. The highest BCUT2D eigenvalue weighted by molar-refractivity contribution is 6.14. The largest absolute Gasteiger partial charge is 0.508 e. The zero-order valence-electron chi connectivity index (χ0n) is 18.8. The van der Waals surface area contributed by atoms with Crippen LogP contribution in [0, 0.1) is 20.8 Å². The van der Waals surface area contributed by atoms with Crippen LogP contribution in [-0.4, -0.2) is 62.3 Å². The zero-order chi connectivity index (χ0) is 23.3. The fourth-order valence-corrected chi connectivity index (χ4v) is 3.97. The predicted molar refractivity (Wildman–Crippen MR) is 123 cm³/mol. The molecular formula is C22H27N7O3. The Kier molecular flexibility index (Phi) is 5.17. The molecule has 5 N–H and O–H groups in total. The molecule has 1 aromatic carbocycles. The van der Waals surface area contributed by atoms with Crippen LogP contribution < -0.4 is 16.2 Å². The second-order valence-corrected chi connectivity index (χ2v) is 8.16. The quantitative estimate of drug-likeness (QED) is 0.419. The van der Waals surface area contributed by atoms with Crippen LogP contribution >= 0.6 is 0 Å². The molecule has 32 heavy (non-hydrogen) atoms. The first-order valence-electron chi connectivity index (χ1n) is 10.2. The van der Waals surface area contributed by atoms with Crippen molar-refractivity contribution >= 4 is 28.3 Å². The number of nitrogen functional groups attached to an aromatic ring is 1. The summed E-state index contributed by atoms with van der Waals surface area (Å²) in [6.45, 7) is 6.68. The number of pyridine rings is 1. The van der Waals surface area contributed by atoms with Crippen LogP contribution in [-0.2, 0) is 0 Å². The van der Waals surface area contributed by atoms with E-state index in [1.54, 1.807) is 34.2 Å². The first kappa shape index (κ1) is 21.4. The molecule has 0 saturated carbocycles. The van der Waals surface area contributed by atoms with Gasteiger partial charge in [-0.1, -0.05) is 6.07 Å². The van der Waals surface area contributed by atoms with Crippen molar-refractivity contribution < 1.29 is 14.6 Å². The van der Waals surface area contributed by atoms with E-state index in [1.165, 1.54) is 0 Å². The molecule has 3 heterocycles. The van der Waals surface area contributed by atoms with Crippen LogP contribution in [0.5, 0.6) is 11.8 Å². The number of aryl methyl sites for hydroxylation is 2. The molecule has 0 spiro atoms. The number of phenolic OH excluding ortho intramolecular Hbond substituents is 1. The molecule has 0 bridgehead atoms. The third kappa shape index (κ3) is 3.28. The lowest BCUT2D eigenvalue weighted by Crippen LogP contribution is -2.19. The SMILES string of the molecule is Cc1ccc(O)c(C)c1-n1c(N)c(C(N)=O)c2cc(C)n3nc(OCCN(C)C)nc3c21. The van der Waals surface area contributed by atoms with E-state index < -0.39 is 5.91 Å². The molecule has 0 fully saturated rings. The number of aromatic nitrogens is 4. The van der Waals surface area contributed by atoms with Gasteiger partial charge in [0.2, 0.25) is 0 Å². The number of phenols is 1. The van der Waals surface area contributed by atoms with Crippen molar-refractivity contribution in [3.05, 3.63) is 40.6 Å². The second-order valence-electron chi connectivity index (χ2n) is 8.16. The number of aromatic hydroxyl groups is 1. The number of hydrogen-bond donors (Lipinski definition) is 3. The number of nitrogens with two attached hydrogens (primary N) is 2. The van der Waals surface area contributed by atoms with Crippen LogP contribution in [0.1, 0.15) is 27.2 Å². The predicted octanol–water partition coefficient (Wildman–Crippen LogP) is 1.93. The molecular weight excluding hydrogens is 410 g/mol. The fraction of sp³-hybridized carbons (Fsp3) is 0.318. The number of primary amides is 1. The molecule has 10 heteroatoms. The normalized spacial score (nSPS) is 11.7. The first-order chi connectivity index (χ1) is 15.1. The van der Waals surface area contributed by atoms with Gasteiger partial charge >= 0.3 is 6.01 Å².